The molecule has 1 unspecified atom stereocenters. The largest absolute Gasteiger partial charge is 0.367 e. The normalized spacial score (nSPS) is 13.7. The molecule has 0 saturated heterocycles. The summed E-state index contributed by atoms with van der Waals surface area (Å²) >= 11 is 0. The van der Waals surface area contributed by atoms with E-state index in [2.05, 4.69) is 36.3 Å². The zero-order valence-corrected chi connectivity index (χ0v) is 9.91. The van der Waals surface area contributed by atoms with Gasteiger partial charge in [-0.25, -0.2) is 0 Å². The van der Waals surface area contributed by atoms with Crippen molar-refractivity contribution in [1.29, 1.82) is 0 Å². The fourth-order valence-electron chi connectivity index (χ4n) is 1.09. The highest BCUT2D eigenvalue weighted by Gasteiger charge is 2.15. The Kier molecular flexibility index (Phi) is 3.63. The Bertz CT molecular complexity index is 297. The smallest absolute Gasteiger partial charge is 0.148 e. The lowest BCUT2D eigenvalue weighted by Crippen LogP contribution is -2.25. The van der Waals surface area contributed by atoms with Crippen LogP contribution in [-0.4, -0.2) is 22.8 Å². The quantitative estimate of drug-likeness (QED) is 0.790. The molecule has 1 aromatic heterocycles. The summed E-state index contributed by atoms with van der Waals surface area (Å²) in [5.74, 6) is 0.778. The van der Waals surface area contributed by atoms with E-state index in [9.17, 15) is 0 Å². The lowest BCUT2D eigenvalue weighted by atomic mass is 9.92. The first kappa shape index (κ1) is 11.9. The first-order valence-electron chi connectivity index (χ1n) is 5.23. The number of hydrogen-bond donors (Lipinski definition) is 2. The SMILES string of the molecule is CC(N)CNc1ccc(C(C)(C)C)nn1. The summed E-state index contributed by atoms with van der Waals surface area (Å²) in [6.45, 7) is 9.01. The summed E-state index contributed by atoms with van der Waals surface area (Å²) in [6.07, 6.45) is 0. The van der Waals surface area contributed by atoms with Crippen LogP contribution in [0.15, 0.2) is 12.1 Å². The second-order valence-electron chi connectivity index (χ2n) is 4.91. The molecule has 4 nitrogen and oxygen atoms in total. The van der Waals surface area contributed by atoms with Gasteiger partial charge in [-0.3, -0.25) is 0 Å². The Hall–Kier alpha value is -1.16. The van der Waals surface area contributed by atoms with E-state index in [-0.39, 0.29) is 11.5 Å². The second kappa shape index (κ2) is 4.57. The van der Waals surface area contributed by atoms with Gasteiger partial charge in [-0.1, -0.05) is 20.8 Å². The Labute approximate surface area is 91.3 Å². The van der Waals surface area contributed by atoms with Crippen molar-refractivity contribution in [1.82, 2.24) is 10.2 Å². The molecule has 1 heterocycles. The molecule has 0 aromatic carbocycles. The number of aromatic nitrogens is 2. The van der Waals surface area contributed by atoms with Gasteiger partial charge in [-0.2, -0.15) is 5.10 Å². The zero-order valence-electron chi connectivity index (χ0n) is 9.91. The van der Waals surface area contributed by atoms with Gasteiger partial charge in [0.1, 0.15) is 5.82 Å². The standard InChI is InChI=1S/C11H20N4/c1-8(12)7-13-10-6-5-9(14-15-10)11(2,3)4/h5-6,8H,7,12H2,1-4H3,(H,13,15). The third-order valence-electron chi connectivity index (χ3n) is 2.04. The minimum atomic E-state index is 0.0483. The Morgan fingerprint density at radius 3 is 2.40 bits per heavy atom. The molecule has 0 saturated carbocycles. The van der Waals surface area contributed by atoms with E-state index in [1.165, 1.54) is 0 Å². The van der Waals surface area contributed by atoms with Crippen molar-refractivity contribution in [3.05, 3.63) is 17.8 Å². The van der Waals surface area contributed by atoms with Gasteiger partial charge >= 0.3 is 0 Å². The van der Waals surface area contributed by atoms with Crippen molar-refractivity contribution >= 4 is 5.82 Å². The van der Waals surface area contributed by atoms with E-state index in [0.29, 0.717) is 6.54 Å². The Morgan fingerprint density at radius 2 is 2.00 bits per heavy atom. The third-order valence-corrected chi connectivity index (χ3v) is 2.04. The molecule has 0 radical (unpaired) electrons. The van der Waals surface area contributed by atoms with Crippen molar-refractivity contribution < 1.29 is 0 Å². The van der Waals surface area contributed by atoms with Crippen LogP contribution in [0.25, 0.3) is 0 Å². The van der Waals surface area contributed by atoms with Gasteiger partial charge in [0.2, 0.25) is 0 Å². The monoisotopic (exact) mass is 208 g/mol. The highest BCUT2D eigenvalue weighted by molar-refractivity contribution is 5.34. The molecule has 0 aliphatic heterocycles. The molecule has 3 N–H and O–H groups in total. The molecule has 0 fully saturated rings. The van der Waals surface area contributed by atoms with Gasteiger partial charge in [-0.15, -0.1) is 5.10 Å². The lowest BCUT2D eigenvalue weighted by molar-refractivity contribution is 0.559. The van der Waals surface area contributed by atoms with E-state index < -0.39 is 0 Å². The first-order valence-corrected chi connectivity index (χ1v) is 5.23. The average molecular weight is 208 g/mol. The number of nitrogens with zero attached hydrogens (tertiary/aromatic N) is 2. The van der Waals surface area contributed by atoms with Crippen molar-refractivity contribution in [3.8, 4) is 0 Å². The first-order chi connectivity index (χ1) is 6.89. The van der Waals surface area contributed by atoms with Crippen LogP contribution in [0.5, 0.6) is 0 Å². The number of nitrogens with two attached hydrogens (primary N) is 1. The van der Waals surface area contributed by atoms with Crippen LogP contribution in [0.4, 0.5) is 5.82 Å². The van der Waals surface area contributed by atoms with Crippen LogP contribution in [0.1, 0.15) is 33.4 Å². The Balaban J connectivity index is 2.65. The van der Waals surface area contributed by atoms with Gasteiger partial charge in [0.15, 0.2) is 0 Å². The van der Waals surface area contributed by atoms with E-state index in [1.54, 1.807) is 0 Å². The molecule has 0 amide bonds. The number of rotatable bonds is 3. The lowest BCUT2D eigenvalue weighted by Gasteiger charge is -2.17. The Morgan fingerprint density at radius 1 is 1.33 bits per heavy atom. The number of anilines is 1. The highest BCUT2D eigenvalue weighted by atomic mass is 15.2. The predicted molar refractivity (Wildman–Crippen MR) is 62.9 cm³/mol. The molecule has 1 aromatic rings. The van der Waals surface area contributed by atoms with E-state index in [4.69, 9.17) is 5.73 Å². The molecule has 15 heavy (non-hydrogen) atoms. The molecule has 4 heteroatoms. The highest BCUT2D eigenvalue weighted by Crippen LogP contribution is 2.19. The molecule has 0 bridgehead atoms. The second-order valence-corrected chi connectivity index (χ2v) is 4.91. The molecule has 1 atom stereocenters. The minimum Gasteiger partial charge on any atom is -0.367 e. The van der Waals surface area contributed by atoms with Crippen LogP contribution in [0.3, 0.4) is 0 Å². The zero-order chi connectivity index (χ0) is 11.5. The molecule has 1 rings (SSSR count). The maximum atomic E-state index is 5.63. The summed E-state index contributed by atoms with van der Waals surface area (Å²) in [5, 5.41) is 11.4. The van der Waals surface area contributed by atoms with Crippen LogP contribution in [0, 0.1) is 0 Å². The van der Waals surface area contributed by atoms with E-state index >= 15 is 0 Å². The predicted octanol–water partition coefficient (Wildman–Crippen LogP) is 1.53. The van der Waals surface area contributed by atoms with Crippen LogP contribution in [0.2, 0.25) is 0 Å². The fourth-order valence-corrected chi connectivity index (χ4v) is 1.09. The third kappa shape index (κ3) is 3.83. The number of hydrogen-bond acceptors (Lipinski definition) is 4. The molecule has 0 spiro atoms. The summed E-state index contributed by atoms with van der Waals surface area (Å²) in [4.78, 5) is 0. The maximum Gasteiger partial charge on any atom is 0.148 e. The minimum absolute atomic E-state index is 0.0483. The van der Waals surface area contributed by atoms with Crippen LogP contribution in [-0.2, 0) is 5.41 Å². The van der Waals surface area contributed by atoms with Gasteiger partial charge in [-0.05, 0) is 19.1 Å². The van der Waals surface area contributed by atoms with Crippen LogP contribution < -0.4 is 11.1 Å². The number of nitrogens with one attached hydrogen (secondary N) is 1. The fraction of sp³-hybridized carbons (Fsp3) is 0.636. The van der Waals surface area contributed by atoms with E-state index in [0.717, 1.165) is 11.5 Å². The van der Waals surface area contributed by atoms with Gasteiger partial charge in [0.25, 0.3) is 0 Å². The average Bonchev–Trinajstić information content (AvgIpc) is 2.14. The van der Waals surface area contributed by atoms with Crippen molar-refractivity contribution in [2.24, 2.45) is 5.73 Å². The molecule has 84 valence electrons. The molecule has 0 aliphatic carbocycles. The molecule has 0 aliphatic rings. The molecular weight excluding hydrogens is 188 g/mol. The maximum absolute atomic E-state index is 5.63. The summed E-state index contributed by atoms with van der Waals surface area (Å²) in [6, 6.07) is 4.06. The van der Waals surface area contributed by atoms with Crippen LogP contribution >= 0.6 is 0 Å². The van der Waals surface area contributed by atoms with Crippen molar-refractivity contribution in [2.45, 2.75) is 39.2 Å². The summed E-state index contributed by atoms with van der Waals surface area (Å²) < 4.78 is 0. The molecular formula is C11H20N4. The van der Waals surface area contributed by atoms with Gasteiger partial charge in [0.05, 0.1) is 5.69 Å². The summed E-state index contributed by atoms with van der Waals surface area (Å²) in [7, 11) is 0. The van der Waals surface area contributed by atoms with Crippen molar-refractivity contribution in [3.63, 3.8) is 0 Å². The van der Waals surface area contributed by atoms with Gasteiger partial charge < -0.3 is 11.1 Å². The van der Waals surface area contributed by atoms with Crippen molar-refractivity contribution in [2.75, 3.05) is 11.9 Å². The van der Waals surface area contributed by atoms with Gasteiger partial charge in [0, 0.05) is 18.0 Å². The summed E-state index contributed by atoms with van der Waals surface area (Å²) in [5.41, 5.74) is 6.67. The van der Waals surface area contributed by atoms with E-state index in [1.807, 2.05) is 19.1 Å². The topological polar surface area (TPSA) is 63.8 Å².